The molecule has 0 heterocycles. The summed E-state index contributed by atoms with van der Waals surface area (Å²) in [6.45, 7) is 5.84. The Hall–Kier alpha value is 0.120. The molecule has 0 amide bonds. The molecule has 0 N–H and O–H groups in total. The van der Waals surface area contributed by atoms with Gasteiger partial charge in [-0.25, -0.2) is 8.42 Å². The summed E-state index contributed by atoms with van der Waals surface area (Å²) in [5.41, 5.74) is 0. The molecule has 0 saturated heterocycles. The van der Waals surface area contributed by atoms with Crippen molar-refractivity contribution in [1.29, 1.82) is 0 Å². The molecule has 0 aliphatic rings. The smallest absolute Gasteiger partial charge is 0.234 e. The van der Waals surface area contributed by atoms with Crippen molar-refractivity contribution in [3.05, 3.63) is 0 Å². The fourth-order valence-electron chi connectivity index (χ4n) is 0.823. The molecule has 16 heavy (non-hydrogen) atoms. The fraction of sp³-hybridized carbons (Fsp3) is 1.00. The van der Waals surface area contributed by atoms with Gasteiger partial charge in [0.2, 0.25) is 9.05 Å². The second kappa shape index (κ2) is 9.18. The second-order valence-corrected chi connectivity index (χ2v) is 6.28. The maximum absolute atomic E-state index is 10.5. The van der Waals surface area contributed by atoms with Crippen molar-refractivity contribution < 1.29 is 22.6 Å². The molecule has 7 heteroatoms. The van der Waals surface area contributed by atoms with Gasteiger partial charge in [-0.3, -0.25) is 0 Å². The maximum Gasteiger partial charge on any atom is 0.234 e. The van der Waals surface area contributed by atoms with Gasteiger partial charge in [-0.15, -0.1) is 0 Å². The zero-order valence-electron chi connectivity index (χ0n) is 9.65. The molecule has 98 valence electrons. The van der Waals surface area contributed by atoms with Crippen LogP contribution in [-0.2, 0) is 23.3 Å². The molecule has 5 nitrogen and oxygen atoms in total. The lowest BCUT2D eigenvalue weighted by atomic mass is 10.5. The summed E-state index contributed by atoms with van der Waals surface area (Å²) >= 11 is 0. The maximum atomic E-state index is 10.5. The first-order valence-corrected chi connectivity index (χ1v) is 7.59. The van der Waals surface area contributed by atoms with Crippen molar-refractivity contribution in [3.63, 3.8) is 0 Å². The van der Waals surface area contributed by atoms with E-state index in [4.69, 9.17) is 24.9 Å². The zero-order chi connectivity index (χ0) is 12.4. The number of hydrogen-bond donors (Lipinski definition) is 0. The van der Waals surface area contributed by atoms with Crippen LogP contribution in [0.5, 0.6) is 0 Å². The van der Waals surface area contributed by atoms with Crippen molar-refractivity contribution >= 4 is 19.7 Å². The number of ether oxygens (including phenoxy) is 3. The second-order valence-electron chi connectivity index (χ2n) is 3.39. The monoisotopic (exact) mass is 274 g/mol. The molecule has 0 saturated carbocycles. The van der Waals surface area contributed by atoms with Crippen LogP contribution >= 0.6 is 10.7 Å². The van der Waals surface area contributed by atoms with E-state index in [1.54, 1.807) is 0 Å². The van der Waals surface area contributed by atoms with E-state index in [-0.39, 0.29) is 18.5 Å². The number of hydrogen-bond acceptors (Lipinski definition) is 5. The number of halogens is 1. The average Bonchev–Trinajstić information content (AvgIpc) is 2.13. The van der Waals surface area contributed by atoms with E-state index < -0.39 is 9.05 Å². The minimum atomic E-state index is -3.45. The molecule has 0 rings (SSSR count). The highest BCUT2D eigenvalue weighted by Gasteiger charge is 2.03. The lowest BCUT2D eigenvalue weighted by Gasteiger charge is -2.08. The standard InChI is InChI=1S/C9H19ClO5S/c1-9(2)15-6-5-13-3-4-14-7-8-16(10,11)12/h9H,3-8H2,1-2H3. The van der Waals surface area contributed by atoms with Gasteiger partial charge in [-0.2, -0.15) is 0 Å². The van der Waals surface area contributed by atoms with Crippen LogP contribution in [0.1, 0.15) is 13.8 Å². The molecule has 0 aromatic heterocycles. The molecular weight excluding hydrogens is 256 g/mol. The first-order chi connectivity index (χ1) is 7.42. The molecule has 0 spiro atoms. The normalized spacial score (nSPS) is 12.2. The lowest BCUT2D eigenvalue weighted by molar-refractivity contribution is 0.000343. The van der Waals surface area contributed by atoms with Gasteiger partial charge in [0, 0.05) is 10.7 Å². The molecule has 0 atom stereocenters. The van der Waals surface area contributed by atoms with Gasteiger partial charge < -0.3 is 14.2 Å². The summed E-state index contributed by atoms with van der Waals surface area (Å²) in [6.07, 6.45) is 0.203. The van der Waals surface area contributed by atoms with Gasteiger partial charge in [-0.05, 0) is 13.8 Å². The van der Waals surface area contributed by atoms with Crippen LogP contribution in [-0.4, -0.2) is 53.3 Å². The molecule has 0 aliphatic carbocycles. The zero-order valence-corrected chi connectivity index (χ0v) is 11.2. The van der Waals surface area contributed by atoms with E-state index in [0.717, 1.165) is 0 Å². The Morgan fingerprint density at radius 1 is 1.00 bits per heavy atom. The van der Waals surface area contributed by atoms with Gasteiger partial charge in [0.1, 0.15) is 0 Å². The van der Waals surface area contributed by atoms with Crippen molar-refractivity contribution in [2.24, 2.45) is 0 Å². The van der Waals surface area contributed by atoms with Gasteiger partial charge >= 0.3 is 0 Å². The van der Waals surface area contributed by atoms with Gasteiger partial charge in [0.25, 0.3) is 0 Å². The summed E-state index contributed by atoms with van der Waals surface area (Å²) in [7, 11) is 1.54. The van der Waals surface area contributed by atoms with E-state index in [2.05, 4.69) is 0 Å². The molecule has 0 unspecified atom stereocenters. The quantitative estimate of drug-likeness (QED) is 0.440. The van der Waals surface area contributed by atoms with Crippen LogP contribution in [0.2, 0.25) is 0 Å². The van der Waals surface area contributed by atoms with Gasteiger partial charge in [-0.1, -0.05) is 0 Å². The van der Waals surface area contributed by atoms with Crippen molar-refractivity contribution in [2.75, 3.05) is 38.8 Å². The van der Waals surface area contributed by atoms with Crippen LogP contribution in [0, 0.1) is 0 Å². The third-order valence-electron chi connectivity index (χ3n) is 1.52. The largest absolute Gasteiger partial charge is 0.378 e. The van der Waals surface area contributed by atoms with E-state index in [1.807, 2.05) is 13.8 Å². The molecule has 0 aliphatic heterocycles. The van der Waals surface area contributed by atoms with Crippen LogP contribution in [0.4, 0.5) is 0 Å². The van der Waals surface area contributed by atoms with Crippen LogP contribution < -0.4 is 0 Å². The Bertz CT molecular complexity index is 253. The van der Waals surface area contributed by atoms with E-state index in [9.17, 15) is 8.42 Å². The van der Waals surface area contributed by atoms with Crippen LogP contribution in [0.3, 0.4) is 0 Å². The highest BCUT2D eigenvalue weighted by Crippen LogP contribution is 1.95. The highest BCUT2D eigenvalue weighted by molar-refractivity contribution is 8.13. The van der Waals surface area contributed by atoms with Crippen LogP contribution in [0.15, 0.2) is 0 Å². The predicted molar refractivity (Wildman–Crippen MR) is 62.4 cm³/mol. The summed E-state index contributed by atoms with van der Waals surface area (Å²) in [5, 5.41) is 0. The Labute approximate surface area is 101 Å². The van der Waals surface area contributed by atoms with E-state index >= 15 is 0 Å². The summed E-state index contributed by atoms with van der Waals surface area (Å²) in [5.74, 6) is -0.176. The summed E-state index contributed by atoms with van der Waals surface area (Å²) in [4.78, 5) is 0. The molecule has 0 radical (unpaired) electrons. The minimum Gasteiger partial charge on any atom is -0.378 e. The molecule has 0 aromatic carbocycles. The van der Waals surface area contributed by atoms with Crippen molar-refractivity contribution in [1.82, 2.24) is 0 Å². The van der Waals surface area contributed by atoms with Gasteiger partial charge in [0.15, 0.2) is 0 Å². The first-order valence-electron chi connectivity index (χ1n) is 5.11. The Morgan fingerprint density at radius 2 is 1.50 bits per heavy atom. The summed E-state index contributed by atoms with van der Waals surface area (Å²) < 4.78 is 36.5. The van der Waals surface area contributed by atoms with E-state index in [0.29, 0.717) is 26.4 Å². The van der Waals surface area contributed by atoms with Gasteiger partial charge in [0.05, 0.1) is 44.9 Å². The van der Waals surface area contributed by atoms with Crippen LogP contribution in [0.25, 0.3) is 0 Å². The lowest BCUT2D eigenvalue weighted by Crippen LogP contribution is -2.14. The average molecular weight is 275 g/mol. The Kier molecular flexibility index (Phi) is 9.25. The molecule has 0 bridgehead atoms. The molecule has 0 fully saturated rings. The Balaban J connectivity index is 3.10. The third-order valence-corrected chi connectivity index (χ3v) is 2.64. The fourth-order valence-corrected chi connectivity index (χ4v) is 1.33. The summed E-state index contributed by atoms with van der Waals surface area (Å²) in [6, 6.07) is 0. The topological polar surface area (TPSA) is 61.8 Å². The SMILES string of the molecule is CC(C)OCCOCCOCCS(=O)(=O)Cl. The Morgan fingerprint density at radius 3 is 2.00 bits per heavy atom. The van der Waals surface area contributed by atoms with E-state index in [1.165, 1.54) is 0 Å². The van der Waals surface area contributed by atoms with Crippen molar-refractivity contribution in [3.8, 4) is 0 Å². The van der Waals surface area contributed by atoms with Crippen molar-refractivity contribution in [2.45, 2.75) is 20.0 Å². The minimum absolute atomic E-state index is 0.0949. The number of rotatable bonds is 10. The molecular formula is C9H19ClO5S. The third kappa shape index (κ3) is 14.1. The highest BCUT2D eigenvalue weighted by atomic mass is 35.7. The predicted octanol–water partition coefficient (Wildman–Crippen LogP) is 1.01. The molecule has 0 aromatic rings. The first kappa shape index (κ1) is 16.1.